The summed E-state index contributed by atoms with van der Waals surface area (Å²) in [5.41, 5.74) is 5.86. The molecule has 0 atom stereocenters. The molecule has 0 bridgehead atoms. The van der Waals surface area contributed by atoms with Crippen LogP contribution in [0.25, 0.3) is 0 Å². The van der Waals surface area contributed by atoms with E-state index in [0.717, 1.165) is 12.1 Å². The Morgan fingerprint density at radius 2 is 1.88 bits per heavy atom. The van der Waals surface area contributed by atoms with E-state index in [0.29, 0.717) is 11.4 Å². The lowest BCUT2D eigenvalue weighted by atomic mass is 10.2. The molecule has 1 heterocycles. The van der Waals surface area contributed by atoms with Gasteiger partial charge in [0.1, 0.15) is 5.75 Å². The summed E-state index contributed by atoms with van der Waals surface area (Å²) < 4.78 is 32.1. The number of aromatic nitrogens is 1. The van der Waals surface area contributed by atoms with Crippen molar-refractivity contribution < 1.29 is 13.5 Å². The zero-order chi connectivity index (χ0) is 12.4. The molecule has 1 aromatic carbocycles. The Bertz CT molecular complexity index is 535. The van der Waals surface area contributed by atoms with Gasteiger partial charge in [0.15, 0.2) is 17.4 Å². The van der Waals surface area contributed by atoms with Gasteiger partial charge in [-0.05, 0) is 19.1 Å². The summed E-state index contributed by atoms with van der Waals surface area (Å²) in [4.78, 5) is 3.96. The molecule has 17 heavy (non-hydrogen) atoms. The highest BCUT2D eigenvalue weighted by atomic mass is 19.1. The van der Waals surface area contributed by atoms with Gasteiger partial charge in [0, 0.05) is 24.0 Å². The van der Waals surface area contributed by atoms with Gasteiger partial charge in [-0.15, -0.1) is 0 Å². The maximum absolute atomic E-state index is 13.5. The highest BCUT2D eigenvalue weighted by molar-refractivity contribution is 5.45. The quantitative estimate of drug-likeness (QED) is 0.815. The maximum atomic E-state index is 13.5. The van der Waals surface area contributed by atoms with Gasteiger partial charge >= 0.3 is 0 Å². The van der Waals surface area contributed by atoms with Gasteiger partial charge in [-0.3, -0.25) is 4.98 Å². The Morgan fingerprint density at radius 3 is 2.47 bits per heavy atom. The number of hydrogen-bond acceptors (Lipinski definition) is 3. The second-order valence-electron chi connectivity index (χ2n) is 3.50. The van der Waals surface area contributed by atoms with E-state index in [2.05, 4.69) is 4.98 Å². The highest BCUT2D eigenvalue weighted by Crippen LogP contribution is 2.30. The smallest absolute Gasteiger partial charge is 0.198 e. The molecule has 0 radical (unpaired) electrons. The van der Waals surface area contributed by atoms with Crippen LogP contribution in [0.5, 0.6) is 11.5 Å². The lowest BCUT2D eigenvalue weighted by molar-refractivity contribution is 0.404. The highest BCUT2D eigenvalue weighted by Gasteiger charge is 2.13. The zero-order valence-electron chi connectivity index (χ0n) is 9.08. The number of rotatable bonds is 2. The van der Waals surface area contributed by atoms with Crippen molar-refractivity contribution in [2.24, 2.45) is 0 Å². The third-order valence-corrected chi connectivity index (χ3v) is 2.19. The number of aryl methyl sites for hydroxylation is 1. The van der Waals surface area contributed by atoms with Crippen molar-refractivity contribution in [3.8, 4) is 11.5 Å². The molecule has 0 spiro atoms. The second-order valence-corrected chi connectivity index (χ2v) is 3.50. The zero-order valence-corrected chi connectivity index (χ0v) is 9.08. The van der Waals surface area contributed by atoms with Gasteiger partial charge in [0.25, 0.3) is 0 Å². The van der Waals surface area contributed by atoms with Crippen LogP contribution in [-0.4, -0.2) is 4.98 Å². The van der Waals surface area contributed by atoms with Crippen molar-refractivity contribution >= 4 is 5.69 Å². The van der Waals surface area contributed by atoms with Crippen LogP contribution in [0.2, 0.25) is 0 Å². The van der Waals surface area contributed by atoms with Gasteiger partial charge in [-0.2, -0.15) is 0 Å². The van der Waals surface area contributed by atoms with E-state index < -0.39 is 17.4 Å². The molecular weight excluding hydrogens is 226 g/mol. The molecule has 0 saturated heterocycles. The number of nitrogen functional groups attached to an aromatic ring is 1. The van der Waals surface area contributed by atoms with E-state index in [-0.39, 0.29) is 5.69 Å². The van der Waals surface area contributed by atoms with Gasteiger partial charge in [0.05, 0.1) is 5.69 Å². The molecule has 2 aromatic rings. The largest absolute Gasteiger partial charge is 0.449 e. The molecule has 5 heteroatoms. The fraction of sp³-hybridized carbons (Fsp3) is 0.0833. The van der Waals surface area contributed by atoms with Crippen LogP contribution >= 0.6 is 0 Å². The number of benzene rings is 1. The van der Waals surface area contributed by atoms with Gasteiger partial charge < -0.3 is 10.5 Å². The minimum Gasteiger partial charge on any atom is -0.449 e. The predicted molar refractivity (Wildman–Crippen MR) is 59.8 cm³/mol. The molecule has 0 aliphatic carbocycles. The Kier molecular flexibility index (Phi) is 2.91. The second kappa shape index (κ2) is 4.37. The number of halogens is 2. The summed E-state index contributed by atoms with van der Waals surface area (Å²) >= 11 is 0. The van der Waals surface area contributed by atoms with E-state index in [1.807, 2.05) is 0 Å². The minimum atomic E-state index is -0.842. The molecular formula is C12H10F2N2O. The predicted octanol–water partition coefficient (Wildman–Crippen LogP) is 3.04. The van der Waals surface area contributed by atoms with Crippen molar-refractivity contribution in [1.29, 1.82) is 0 Å². The fourth-order valence-electron chi connectivity index (χ4n) is 1.36. The average Bonchev–Trinajstić information content (AvgIpc) is 2.25. The molecule has 3 nitrogen and oxygen atoms in total. The summed E-state index contributed by atoms with van der Waals surface area (Å²) in [5, 5.41) is 0. The molecule has 0 unspecified atom stereocenters. The average molecular weight is 236 g/mol. The third kappa shape index (κ3) is 2.33. The molecule has 0 aliphatic rings. The first kappa shape index (κ1) is 11.3. The van der Waals surface area contributed by atoms with Crippen molar-refractivity contribution in [3.63, 3.8) is 0 Å². The molecule has 1 aromatic heterocycles. The summed E-state index contributed by atoms with van der Waals surface area (Å²) in [5.74, 6) is -1.86. The first-order chi connectivity index (χ1) is 8.08. The van der Waals surface area contributed by atoms with Gasteiger partial charge in [0.2, 0.25) is 0 Å². The molecule has 0 amide bonds. The van der Waals surface area contributed by atoms with Crippen molar-refractivity contribution in [2.45, 2.75) is 6.92 Å². The Balaban J connectivity index is 2.40. The number of hydrogen-bond donors (Lipinski definition) is 1. The van der Waals surface area contributed by atoms with E-state index >= 15 is 0 Å². The van der Waals surface area contributed by atoms with Crippen LogP contribution in [0.1, 0.15) is 5.69 Å². The Hall–Kier alpha value is -2.17. The monoisotopic (exact) mass is 236 g/mol. The SMILES string of the molecule is Cc1ncccc1Oc1c(F)cc(N)cc1F. The van der Waals surface area contributed by atoms with Crippen LogP contribution in [0.4, 0.5) is 14.5 Å². The minimum absolute atomic E-state index is 0.00950. The standard InChI is InChI=1S/C12H10F2N2O/c1-7-11(3-2-4-16-7)17-12-9(13)5-8(15)6-10(12)14/h2-6H,15H2,1H3. The maximum Gasteiger partial charge on any atom is 0.198 e. The van der Waals surface area contributed by atoms with E-state index in [1.165, 1.54) is 0 Å². The normalized spacial score (nSPS) is 10.3. The van der Waals surface area contributed by atoms with Crippen molar-refractivity contribution in [3.05, 3.63) is 47.8 Å². The van der Waals surface area contributed by atoms with Crippen LogP contribution in [0, 0.1) is 18.6 Å². The number of nitrogens with two attached hydrogens (primary N) is 1. The molecule has 0 saturated carbocycles. The molecule has 88 valence electrons. The lowest BCUT2D eigenvalue weighted by Crippen LogP contribution is -1.97. The van der Waals surface area contributed by atoms with Crippen LogP contribution in [-0.2, 0) is 0 Å². The molecule has 2 N–H and O–H groups in total. The van der Waals surface area contributed by atoms with Crippen LogP contribution < -0.4 is 10.5 Å². The van der Waals surface area contributed by atoms with Gasteiger partial charge in [-0.1, -0.05) is 0 Å². The van der Waals surface area contributed by atoms with Crippen molar-refractivity contribution in [1.82, 2.24) is 4.98 Å². The molecule has 0 aliphatic heterocycles. The van der Waals surface area contributed by atoms with E-state index in [4.69, 9.17) is 10.5 Å². The third-order valence-electron chi connectivity index (χ3n) is 2.19. The number of nitrogens with zero attached hydrogens (tertiary/aromatic N) is 1. The lowest BCUT2D eigenvalue weighted by Gasteiger charge is -2.09. The molecule has 2 rings (SSSR count). The summed E-state index contributed by atoms with van der Waals surface area (Å²) in [7, 11) is 0. The Morgan fingerprint density at radius 1 is 1.24 bits per heavy atom. The fourth-order valence-corrected chi connectivity index (χ4v) is 1.36. The van der Waals surface area contributed by atoms with Gasteiger partial charge in [-0.25, -0.2) is 8.78 Å². The van der Waals surface area contributed by atoms with E-state index in [9.17, 15) is 8.78 Å². The number of anilines is 1. The first-order valence-electron chi connectivity index (χ1n) is 4.92. The van der Waals surface area contributed by atoms with Crippen molar-refractivity contribution in [2.75, 3.05) is 5.73 Å². The summed E-state index contributed by atoms with van der Waals surface area (Å²) in [6.07, 6.45) is 1.57. The van der Waals surface area contributed by atoms with Crippen LogP contribution in [0.15, 0.2) is 30.5 Å². The number of ether oxygens (including phenoxy) is 1. The Labute approximate surface area is 96.9 Å². The molecule has 0 fully saturated rings. The number of pyridine rings is 1. The van der Waals surface area contributed by atoms with Crippen LogP contribution in [0.3, 0.4) is 0 Å². The summed E-state index contributed by atoms with van der Waals surface area (Å²) in [6, 6.07) is 5.21. The topological polar surface area (TPSA) is 48.1 Å². The van der Waals surface area contributed by atoms with E-state index in [1.54, 1.807) is 25.3 Å². The first-order valence-corrected chi connectivity index (χ1v) is 4.92. The summed E-state index contributed by atoms with van der Waals surface area (Å²) in [6.45, 7) is 1.68.